The zero-order valence-electron chi connectivity index (χ0n) is 10.1. The number of hydrogen-bond acceptors (Lipinski definition) is 2. The van der Waals surface area contributed by atoms with E-state index in [0.717, 1.165) is 12.0 Å². The summed E-state index contributed by atoms with van der Waals surface area (Å²) in [6.07, 6.45) is 5.33. The molecule has 1 saturated heterocycles. The Kier molecular flexibility index (Phi) is 5.49. The summed E-state index contributed by atoms with van der Waals surface area (Å²) in [5.41, 5.74) is 0. The Bertz CT molecular complexity index is 135. The van der Waals surface area contributed by atoms with Crippen LogP contribution >= 0.6 is 0 Å². The number of nitrogens with zero attached hydrogens (tertiary/aromatic N) is 1. The molecule has 0 atom stereocenters. The third-order valence-electron chi connectivity index (χ3n) is 3.67. The lowest BCUT2D eigenvalue weighted by atomic mass is 9.99. The highest BCUT2D eigenvalue weighted by molar-refractivity contribution is 4.77. The fourth-order valence-corrected chi connectivity index (χ4v) is 2.32. The zero-order chi connectivity index (χ0) is 10.4. The van der Waals surface area contributed by atoms with Crippen LogP contribution < -0.4 is 5.32 Å². The van der Waals surface area contributed by atoms with Gasteiger partial charge in [-0.1, -0.05) is 26.7 Å². The van der Waals surface area contributed by atoms with Gasteiger partial charge in [0, 0.05) is 12.6 Å². The molecule has 0 unspecified atom stereocenters. The van der Waals surface area contributed by atoms with Crippen LogP contribution in [0.4, 0.5) is 0 Å². The minimum absolute atomic E-state index is 0.771. The van der Waals surface area contributed by atoms with Crippen LogP contribution in [0.25, 0.3) is 0 Å². The molecule has 0 bridgehead atoms. The van der Waals surface area contributed by atoms with Gasteiger partial charge in [-0.05, 0) is 38.9 Å². The summed E-state index contributed by atoms with van der Waals surface area (Å²) >= 11 is 0. The van der Waals surface area contributed by atoms with E-state index in [1.165, 1.54) is 45.3 Å². The molecule has 84 valence electrons. The summed E-state index contributed by atoms with van der Waals surface area (Å²) < 4.78 is 0. The van der Waals surface area contributed by atoms with Gasteiger partial charge in [-0.25, -0.2) is 0 Å². The van der Waals surface area contributed by atoms with Gasteiger partial charge in [0.1, 0.15) is 0 Å². The topological polar surface area (TPSA) is 15.3 Å². The Morgan fingerprint density at radius 3 is 2.21 bits per heavy atom. The maximum atomic E-state index is 3.38. The zero-order valence-corrected chi connectivity index (χ0v) is 10.1. The predicted octanol–water partition coefficient (Wildman–Crippen LogP) is 2.11. The van der Waals surface area contributed by atoms with Gasteiger partial charge in [-0.2, -0.15) is 0 Å². The van der Waals surface area contributed by atoms with Crippen LogP contribution in [0.15, 0.2) is 0 Å². The third kappa shape index (κ3) is 3.58. The van der Waals surface area contributed by atoms with Gasteiger partial charge in [0.25, 0.3) is 0 Å². The van der Waals surface area contributed by atoms with E-state index >= 15 is 0 Å². The monoisotopic (exact) mass is 198 g/mol. The minimum atomic E-state index is 0.771. The molecule has 0 aromatic heterocycles. The first kappa shape index (κ1) is 12.0. The van der Waals surface area contributed by atoms with Crippen molar-refractivity contribution in [1.29, 1.82) is 0 Å². The fourth-order valence-electron chi connectivity index (χ4n) is 2.32. The van der Waals surface area contributed by atoms with Crippen molar-refractivity contribution in [3.63, 3.8) is 0 Å². The highest BCUT2D eigenvalue weighted by atomic mass is 15.1. The average molecular weight is 198 g/mol. The molecule has 0 aromatic rings. The van der Waals surface area contributed by atoms with Crippen LogP contribution in [-0.2, 0) is 0 Å². The smallest absolute Gasteiger partial charge is 0.00884 e. The summed E-state index contributed by atoms with van der Waals surface area (Å²) in [4.78, 5) is 2.64. The molecule has 0 radical (unpaired) electrons. The maximum absolute atomic E-state index is 3.38. The van der Waals surface area contributed by atoms with Crippen LogP contribution in [0, 0.1) is 5.92 Å². The SMILES string of the molecule is CCC(CC)CN1CCC(NC)CC1. The van der Waals surface area contributed by atoms with Crippen LogP contribution in [-0.4, -0.2) is 37.6 Å². The fraction of sp³-hybridized carbons (Fsp3) is 1.00. The van der Waals surface area contributed by atoms with Crippen LogP contribution in [0.3, 0.4) is 0 Å². The highest BCUT2D eigenvalue weighted by Crippen LogP contribution is 2.15. The molecular weight excluding hydrogens is 172 g/mol. The van der Waals surface area contributed by atoms with E-state index in [1.807, 2.05) is 0 Å². The average Bonchev–Trinajstić information content (AvgIpc) is 2.26. The van der Waals surface area contributed by atoms with Crippen LogP contribution in [0.2, 0.25) is 0 Å². The van der Waals surface area contributed by atoms with Crippen molar-refractivity contribution in [2.24, 2.45) is 5.92 Å². The summed E-state index contributed by atoms with van der Waals surface area (Å²) in [5, 5.41) is 3.38. The van der Waals surface area contributed by atoms with E-state index in [9.17, 15) is 0 Å². The van der Waals surface area contributed by atoms with Gasteiger partial charge in [-0.15, -0.1) is 0 Å². The van der Waals surface area contributed by atoms with Gasteiger partial charge in [0.15, 0.2) is 0 Å². The van der Waals surface area contributed by atoms with E-state index in [2.05, 4.69) is 31.1 Å². The van der Waals surface area contributed by atoms with Crippen molar-refractivity contribution in [3.8, 4) is 0 Å². The van der Waals surface area contributed by atoms with Crippen molar-refractivity contribution >= 4 is 0 Å². The molecule has 14 heavy (non-hydrogen) atoms. The summed E-state index contributed by atoms with van der Waals surface area (Å²) in [5.74, 6) is 0.918. The number of hydrogen-bond donors (Lipinski definition) is 1. The van der Waals surface area contributed by atoms with E-state index in [0.29, 0.717) is 0 Å². The summed E-state index contributed by atoms with van der Waals surface area (Å²) in [6.45, 7) is 8.54. The summed E-state index contributed by atoms with van der Waals surface area (Å²) in [7, 11) is 2.08. The number of likely N-dealkylation sites (tertiary alicyclic amines) is 1. The molecular formula is C12H26N2. The predicted molar refractivity (Wildman–Crippen MR) is 62.6 cm³/mol. The molecule has 1 aliphatic rings. The van der Waals surface area contributed by atoms with Crippen LogP contribution in [0.5, 0.6) is 0 Å². The normalized spacial score (nSPS) is 20.6. The van der Waals surface area contributed by atoms with Gasteiger partial charge < -0.3 is 10.2 Å². The van der Waals surface area contributed by atoms with Crippen molar-refractivity contribution < 1.29 is 0 Å². The Morgan fingerprint density at radius 2 is 1.79 bits per heavy atom. The second-order valence-electron chi connectivity index (χ2n) is 4.55. The molecule has 2 heteroatoms. The van der Waals surface area contributed by atoms with Crippen molar-refractivity contribution in [3.05, 3.63) is 0 Å². The number of nitrogens with one attached hydrogen (secondary N) is 1. The van der Waals surface area contributed by atoms with Crippen molar-refractivity contribution in [2.45, 2.75) is 45.6 Å². The first-order chi connectivity index (χ1) is 6.80. The molecule has 2 nitrogen and oxygen atoms in total. The van der Waals surface area contributed by atoms with Crippen molar-refractivity contribution in [2.75, 3.05) is 26.7 Å². The second kappa shape index (κ2) is 6.41. The van der Waals surface area contributed by atoms with E-state index < -0.39 is 0 Å². The second-order valence-corrected chi connectivity index (χ2v) is 4.55. The lowest BCUT2D eigenvalue weighted by Crippen LogP contribution is -2.42. The molecule has 0 aromatic carbocycles. The van der Waals surface area contributed by atoms with E-state index in [1.54, 1.807) is 0 Å². The molecule has 0 saturated carbocycles. The van der Waals surface area contributed by atoms with Gasteiger partial charge in [-0.3, -0.25) is 0 Å². The summed E-state index contributed by atoms with van der Waals surface area (Å²) in [6, 6.07) is 0.771. The lowest BCUT2D eigenvalue weighted by molar-refractivity contribution is 0.171. The third-order valence-corrected chi connectivity index (χ3v) is 3.67. The van der Waals surface area contributed by atoms with Gasteiger partial charge in [0.2, 0.25) is 0 Å². The highest BCUT2D eigenvalue weighted by Gasteiger charge is 2.19. The molecule has 1 heterocycles. The van der Waals surface area contributed by atoms with Crippen molar-refractivity contribution in [1.82, 2.24) is 10.2 Å². The molecule has 1 aliphatic heterocycles. The van der Waals surface area contributed by atoms with E-state index in [-0.39, 0.29) is 0 Å². The molecule has 1 fully saturated rings. The molecule has 0 spiro atoms. The first-order valence-corrected chi connectivity index (χ1v) is 6.19. The number of piperidine rings is 1. The Morgan fingerprint density at radius 1 is 1.21 bits per heavy atom. The molecule has 0 amide bonds. The molecule has 1 rings (SSSR count). The quantitative estimate of drug-likeness (QED) is 0.728. The molecule has 0 aliphatic carbocycles. The Hall–Kier alpha value is -0.0800. The Labute approximate surface area is 89.1 Å². The maximum Gasteiger partial charge on any atom is 0.00884 e. The van der Waals surface area contributed by atoms with Gasteiger partial charge >= 0.3 is 0 Å². The van der Waals surface area contributed by atoms with E-state index in [4.69, 9.17) is 0 Å². The molecule has 1 N–H and O–H groups in total. The largest absolute Gasteiger partial charge is 0.317 e. The lowest BCUT2D eigenvalue weighted by Gasteiger charge is -2.33. The Balaban J connectivity index is 2.21. The minimum Gasteiger partial charge on any atom is -0.317 e. The number of rotatable bonds is 5. The van der Waals surface area contributed by atoms with Gasteiger partial charge in [0.05, 0.1) is 0 Å². The van der Waals surface area contributed by atoms with Crippen LogP contribution in [0.1, 0.15) is 39.5 Å². The standard InChI is InChI=1S/C12H26N2/c1-4-11(5-2)10-14-8-6-12(13-3)7-9-14/h11-13H,4-10H2,1-3H3. The first-order valence-electron chi connectivity index (χ1n) is 6.19.